The highest BCUT2D eigenvalue weighted by Gasteiger charge is 2.30. The molecule has 0 radical (unpaired) electrons. The number of hydrogen-bond donors (Lipinski definition) is 0. The second-order valence-corrected chi connectivity index (χ2v) is 5.78. The van der Waals surface area contributed by atoms with Gasteiger partial charge in [0.25, 0.3) is 0 Å². The van der Waals surface area contributed by atoms with E-state index in [4.69, 9.17) is 4.74 Å². The molecular weight excluding hydrogens is 435 g/mol. The molecule has 0 amide bonds. The number of methoxy groups -OCH3 is 2. The van der Waals surface area contributed by atoms with E-state index in [1.54, 1.807) is 0 Å². The third-order valence-electron chi connectivity index (χ3n) is 3.37. The van der Waals surface area contributed by atoms with E-state index in [0.717, 1.165) is 31.3 Å². The lowest BCUT2D eigenvalue weighted by atomic mass is 10.1. The Morgan fingerprint density at radius 3 is 2.37 bits per heavy atom. The summed E-state index contributed by atoms with van der Waals surface area (Å²) in [5, 5.41) is 0. The minimum atomic E-state index is -3.25. The van der Waals surface area contributed by atoms with E-state index in [-0.39, 0.29) is 21.4 Å². The van der Waals surface area contributed by atoms with Crippen LogP contribution in [-0.4, -0.2) is 32.8 Å². The number of allylic oxidation sites excluding steroid dienone is 2. The molecule has 0 N–H and O–H groups in total. The highest BCUT2D eigenvalue weighted by molar-refractivity contribution is 9.10. The van der Waals surface area contributed by atoms with Gasteiger partial charge in [0, 0.05) is 12.3 Å². The van der Waals surface area contributed by atoms with Gasteiger partial charge in [-0.05, 0) is 34.1 Å². The van der Waals surface area contributed by atoms with Gasteiger partial charge >= 0.3 is 18.6 Å². The Bertz CT molecular complexity index is 851. The summed E-state index contributed by atoms with van der Waals surface area (Å²) in [6, 6.07) is 1.85. The van der Waals surface area contributed by atoms with E-state index < -0.39 is 30.1 Å². The van der Waals surface area contributed by atoms with Gasteiger partial charge in [0.2, 0.25) is 0 Å². The van der Waals surface area contributed by atoms with E-state index in [9.17, 15) is 22.8 Å². The monoisotopic (exact) mass is 447 g/mol. The lowest BCUT2D eigenvalue weighted by Crippen LogP contribution is -2.27. The van der Waals surface area contributed by atoms with Crippen LogP contribution in [0.25, 0.3) is 0 Å². The van der Waals surface area contributed by atoms with Crippen molar-refractivity contribution in [2.75, 3.05) is 19.1 Å². The Morgan fingerprint density at radius 1 is 1.11 bits per heavy atom. The Labute approximate surface area is 160 Å². The summed E-state index contributed by atoms with van der Waals surface area (Å²) in [6.07, 6.45) is 5.46. The third kappa shape index (κ3) is 4.51. The number of hydrogen-bond acceptors (Lipinski definition) is 6. The summed E-state index contributed by atoms with van der Waals surface area (Å²) >= 11 is 2.96. The number of ether oxygens (including phenoxy) is 3. The Kier molecular flexibility index (Phi) is 6.67. The zero-order valence-electron chi connectivity index (χ0n) is 14.0. The van der Waals surface area contributed by atoms with Crippen LogP contribution in [0.5, 0.6) is 5.75 Å². The Morgan fingerprint density at radius 2 is 1.78 bits per heavy atom. The van der Waals surface area contributed by atoms with E-state index >= 15 is 0 Å². The Balaban J connectivity index is 2.76. The molecule has 1 aliphatic rings. The quantitative estimate of drug-likeness (QED) is 0.641. The second kappa shape index (κ2) is 8.76. The molecule has 2 rings (SSSR count). The molecule has 0 saturated heterocycles. The van der Waals surface area contributed by atoms with Gasteiger partial charge in [0.05, 0.1) is 30.0 Å². The number of rotatable bonds is 5. The fraction of sp³-hybridized carbons (Fsp3) is 0.176. The molecule has 0 spiro atoms. The van der Waals surface area contributed by atoms with Crippen molar-refractivity contribution in [3.05, 3.63) is 58.1 Å². The van der Waals surface area contributed by atoms with Crippen LogP contribution < -0.4 is 9.64 Å². The normalized spacial score (nSPS) is 13.7. The molecule has 0 bridgehead atoms. The molecule has 10 heteroatoms. The van der Waals surface area contributed by atoms with Gasteiger partial charge in [0.15, 0.2) is 5.75 Å². The largest absolute Gasteiger partial charge is 0.465 e. The van der Waals surface area contributed by atoms with Crippen molar-refractivity contribution in [1.82, 2.24) is 0 Å². The first kappa shape index (κ1) is 20.6. The molecule has 1 heterocycles. The van der Waals surface area contributed by atoms with E-state index in [1.165, 1.54) is 24.4 Å². The summed E-state index contributed by atoms with van der Waals surface area (Å²) < 4.78 is 53.1. The van der Waals surface area contributed by atoms with Crippen LogP contribution >= 0.6 is 15.9 Å². The van der Waals surface area contributed by atoms with E-state index in [1.807, 2.05) is 0 Å². The lowest BCUT2D eigenvalue weighted by Gasteiger charge is -2.25. The Hall–Kier alpha value is -2.75. The molecule has 1 aromatic rings. The van der Waals surface area contributed by atoms with E-state index in [2.05, 4.69) is 25.4 Å². The highest BCUT2D eigenvalue weighted by Crippen LogP contribution is 2.38. The molecule has 1 aliphatic heterocycles. The molecule has 0 aliphatic carbocycles. The lowest BCUT2D eigenvalue weighted by molar-refractivity contribution is -0.139. The molecule has 0 saturated carbocycles. The molecule has 0 unspecified atom stereocenters. The minimum absolute atomic E-state index is 0.0754. The maximum atomic E-state index is 13.8. The molecule has 0 atom stereocenters. The van der Waals surface area contributed by atoms with Gasteiger partial charge < -0.3 is 19.1 Å². The number of benzene rings is 1. The van der Waals surface area contributed by atoms with Crippen molar-refractivity contribution in [3.8, 4) is 5.75 Å². The van der Waals surface area contributed by atoms with Gasteiger partial charge in [-0.3, -0.25) is 0 Å². The van der Waals surface area contributed by atoms with Crippen LogP contribution in [0.15, 0.2) is 52.3 Å². The summed E-state index contributed by atoms with van der Waals surface area (Å²) in [5.41, 5.74) is -0.657. The van der Waals surface area contributed by atoms with Gasteiger partial charge in [-0.15, -0.1) is 0 Å². The molecular formula is C17H13BrF3NO5. The summed E-state index contributed by atoms with van der Waals surface area (Å²) in [7, 11) is 2.19. The zero-order chi connectivity index (χ0) is 20.1. The predicted molar refractivity (Wildman–Crippen MR) is 92.5 cm³/mol. The first-order valence-corrected chi connectivity index (χ1v) is 8.08. The van der Waals surface area contributed by atoms with Crippen LogP contribution in [0.1, 0.15) is 0 Å². The highest BCUT2D eigenvalue weighted by atomic mass is 79.9. The van der Waals surface area contributed by atoms with Gasteiger partial charge in [-0.1, -0.05) is 6.08 Å². The molecule has 144 valence electrons. The number of carbonyl (C=O) groups excluding carboxylic acids is 2. The maximum Gasteiger partial charge on any atom is 0.387 e. The predicted octanol–water partition coefficient (Wildman–Crippen LogP) is 3.68. The fourth-order valence-electron chi connectivity index (χ4n) is 2.25. The van der Waals surface area contributed by atoms with Crippen molar-refractivity contribution in [1.29, 1.82) is 0 Å². The number of halogens is 4. The molecule has 1 aromatic carbocycles. The van der Waals surface area contributed by atoms with E-state index in [0.29, 0.717) is 0 Å². The van der Waals surface area contributed by atoms with Gasteiger partial charge in [-0.25, -0.2) is 14.0 Å². The first-order chi connectivity index (χ1) is 12.8. The van der Waals surface area contributed by atoms with Crippen molar-refractivity contribution in [3.63, 3.8) is 0 Å². The molecule has 27 heavy (non-hydrogen) atoms. The van der Waals surface area contributed by atoms with Crippen LogP contribution in [0.4, 0.5) is 18.9 Å². The van der Waals surface area contributed by atoms with Crippen LogP contribution in [-0.2, 0) is 19.1 Å². The molecule has 0 fully saturated rings. The van der Waals surface area contributed by atoms with Crippen LogP contribution in [0.3, 0.4) is 0 Å². The number of esters is 2. The van der Waals surface area contributed by atoms with Gasteiger partial charge in [0.1, 0.15) is 11.5 Å². The number of carbonyl (C=O) groups is 2. The second-order valence-electron chi connectivity index (χ2n) is 4.93. The zero-order valence-corrected chi connectivity index (χ0v) is 15.6. The van der Waals surface area contributed by atoms with Crippen molar-refractivity contribution in [2.45, 2.75) is 6.61 Å². The SMILES string of the molecule is COC(=O)C1=C(C(=O)OC)N(c2cc(Br)c(F)cc2OC(F)F)C=CC=C1. The summed E-state index contributed by atoms with van der Waals surface area (Å²) in [5.74, 6) is -3.22. The minimum Gasteiger partial charge on any atom is -0.465 e. The average Bonchev–Trinajstić information content (AvgIpc) is 2.85. The third-order valence-corrected chi connectivity index (χ3v) is 3.97. The summed E-state index contributed by atoms with van der Waals surface area (Å²) in [6.45, 7) is -3.25. The first-order valence-electron chi connectivity index (χ1n) is 7.29. The standard InChI is InChI=1S/C17H13BrF3NO5/c1-25-15(23)9-5-3-4-6-22(14(9)16(24)26-2)12-7-10(18)11(19)8-13(12)27-17(20)21/h3-8,17H,1-2H3. The van der Waals surface area contributed by atoms with Crippen molar-refractivity contribution < 1.29 is 37.0 Å². The van der Waals surface area contributed by atoms with Gasteiger partial charge in [-0.2, -0.15) is 8.78 Å². The number of anilines is 1. The topological polar surface area (TPSA) is 65.1 Å². The number of nitrogens with zero attached hydrogens (tertiary/aromatic N) is 1. The fourth-order valence-corrected chi connectivity index (χ4v) is 2.58. The van der Waals surface area contributed by atoms with Crippen LogP contribution in [0, 0.1) is 5.82 Å². The smallest absolute Gasteiger partial charge is 0.387 e. The average molecular weight is 448 g/mol. The van der Waals surface area contributed by atoms with Crippen LogP contribution in [0.2, 0.25) is 0 Å². The molecule has 6 nitrogen and oxygen atoms in total. The molecule has 0 aromatic heterocycles. The summed E-state index contributed by atoms with van der Waals surface area (Å²) in [4.78, 5) is 25.5. The number of alkyl halides is 2. The van der Waals surface area contributed by atoms with Crippen molar-refractivity contribution >= 4 is 33.6 Å². The maximum absolute atomic E-state index is 13.8. The van der Waals surface area contributed by atoms with Crippen molar-refractivity contribution in [2.24, 2.45) is 0 Å².